The van der Waals surface area contributed by atoms with E-state index in [-0.39, 0.29) is 5.82 Å². The molecule has 2 aromatic rings. The van der Waals surface area contributed by atoms with E-state index in [4.69, 9.17) is 0 Å². The van der Waals surface area contributed by atoms with Crippen molar-refractivity contribution in [1.82, 2.24) is 4.90 Å². The summed E-state index contributed by atoms with van der Waals surface area (Å²) in [7, 11) is 4.25. The second-order valence-corrected chi connectivity index (χ2v) is 5.62. The Morgan fingerprint density at radius 2 is 2.19 bits per heavy atom. The van der Waals surface area contributed by atoms with Gasteiger partial charge in [0.05, 0.1) is 0 Å². The molecule has 0 spiro atoms. The minimum atomic E-state index is -0.138. The highest BCUT2D eigenvalue weighted by atomic mass is 32.1. The van der Waals surface area contributed by atoms with E-state index in [9.17, 15) is 4.39 Å². The number of hydrogen-bond acceptors (Lipinski definition) is 2. The molecule has 3 heteroatoms. The Hall–Kier alpha value is -0.930. The molecule has 2 atom stereocenters. The minimum absolute atomic E-state index is 0.138. The molecule has 1 aliphatic rings. The summed E-state index contributed by atoms with van der Waals surface area (Å²) in [6.07, 6.45) is 1.23. The van der Waals surface area contributed by atoms with Gasteiger partial charge in [-0.1, -0.05) is 6.07 Å². The fourth-order valence-electron chi connectivity index (χ4n) is 2.40. The lowest BCUT2D eigenvalue weighted by molar-refractivity contribution is 0.391. The molecule has 0 saturated heterocycles. The van der Waals surface area contributed by atoms with Crippen LogP contribution in [0, 0.1) is 5.82 Å². The maximum atomic E-state index is 13.1. The van der Waals surface area contributed by atoms with Crippen LogP contribution in [0.5, 0.6) is 0 Å². The van der Waals surface area contributed by atoms with Crippen LogP contribution in [0.4, 0.5) is 4.39 Å². The van der Waals surface area contributed by atoms with Gasteiger partial charge in [0.2, 0.25) is 0 Å². The smallest absolute Gasteiger partial charge is 0.124 e. The standard InChI is InChI=1S/C13H14FNS/c1-15(2)12-6-10(12)11-7-16-13-5-8(14)3-4-9(11)13/h3-5,7,10,12H,6H2,1-2H3/t10-,12-/m0/s1. The molecule has 0 amide bonds. The van der Waals surface area contributed by atoms with Crippen molar-refractivity contribution >= 4 is 21.4 Å². The molecule has 0 bridgehead atoms. The molecule has 0 radical (unpaired) electrons. The third kappa shape index (κ3) is 1.55. The van der Waals surface area contributed by atoms with E-state index in [1.165, 1.54) is 17.4 Å². The van der Waals surface area contributed by atoms with E-state index >= 15 is 0 Å². The molecule has 84 valence electrons. The van der Waals surface area contributed by atoms with Crippen LogP contribution in [0.25, 0.3) is 10.1 Å². The van der Waals surface area contributed by atoms with Crippen LogP contribution in [-0.2, 0) is 0 Å². The van der Waals surface area contributed by atoms with Crippen molar-refractivity contribution in [2.45, 2.75) is 18.4 Å². The first-order chi connectivity index (χ1) is 7.66. The van der Waals surface area contributed by atoms with Crippen LogP contribution in [0.2, 0.25) is 0 Å². The highest BCUT2D eigenvalue weighted by Gasteiger charge is 2.41. The van der Waals surface area contributed by atoms with E-state index in [0.29, 0.717) is 12.0 Å². The summed E-state index contributed by atoms with van der Waals surface area (Å²) in [5, 5.41) is 3.43. The van der Waals surface area contributed by atoms with E-state index in [1.54, 1.807) is 23.5 Å². The molecule has 1 nitrogen and oxygen atoms in total. The normalized spacial score (nSPS) is 24.2. The van der Waals surface area contributed by atoms with Gasteiger partial charge in [-0.3, -0.25) is 0 Å². The first-order valence-corrected chi connectivity index (χ1v) is 6.38. The third-order valence-corrected chi connectivity index (χ3v) is 4.35. The van der Waals surface area contributed by atoms with Crippen LogP contribution < -0.4 is 0 Å². The molecule has 16 heavy (non-hydrogen) atoms. The van der Waals surface area contributed by atoms with Gasteiger partial charge in [-0.05, 0) is 49.0 Å². The van der Waals surface area contributed by atoms with Crippen LogP contribution in [0.1, 0.15) is 17.9 Å². The molecule has 1 saturated carbocycles. The van der Waals surface area contributed by atoms with Crippen molar-refractivity contribution in [1.29, 1.82) is 0 Å². The highest BCUT2D eigenvalue weighted by molar-refractivity contribution is 7.17. The molecule has 1 heterocycles. The zero-order valence-corrected chi connectivity index (χ0v) is 10.2. The zero-order chi connectivity index (χ0) is 11.3. The average Bonchev–Trinajstić information content (AvgIpc) is 2.93. The lowest BCUT2D eigenvalue weighted by atomic mass is 10.1. The molecular weight excluding hydrogens is 221 g/mol. The molecular formula is C13H14FNS. The van der Waals surface area contributed by atoms with Gasteiger partial charge in [0.1, 0.15) is 5.82 Å². The number of halogens is 1. The summed E-state index contributed by atoms with van der Waals surface area (Å²) in [6, 6.07) is 5.78. The topological polar surface area (TPSA) is 3.24 Å². The van der Waals surface area contributed by atoms with E-state index in [2.05, 4.69) is 24.4 Å². The van der Waals surface area contributed by atoms with Crippen LogP contribution >= 0.6 is 11.3 Å². The number of benzene rings is 1. The number of likely N-dealkylation sites (N-methyl/N-ethyl adjacent to an activating group) is 1. The predicted octanol–water partition coefficient (Wildman–Crippen LogP) is 3.46. The fourth-order valence-corrected chi connectivity index (χ4v) is 3.45. The van der Waals surface area contributed by atoms with Gasteiger partial charge in [-0.25, -0.2) is 4.39 Å². The molecule has 1 aromatic heterocycles. The predicted molar refractivity (Wildman–Crippen MR) is 66.6 cm³/mol. The van der Waals surface area contributed by atoms with Crippen LogP contribution in [0.15, 0.2) is 23.6 Å². The Morgan fingerprint density at radius 1 is 1.38 bits per heavy atom. The van der Waals surface area contributed by atoms with Crippen molar-refractivity contribution in [2.75, 3.05) is 14.1 Å². The van der Waals surface area contributed by atoms with E-state index < -0.39 is 0 Å². The Morgan fingerprint density at radius 3 is 2.88 bits per heavy atom. The lowest BCUT2D eigenvalue weighted by Gasteiger charge is -2.07. The molecule has 1 aromatic carbocycles. The molecule has 0 unspecified atom stereocenters. The Kier molecular flexibility index (Phi) is 2.26. The van der Waals surface area contributed by atoms with Gasteiger partial charge in [0.25, 0.3) is 0 Å². The van der Waals surface area contributed by atoms with E-state index in [1.807, 2.05) is 6.07 Å². The first kappa shape index (κ1) is 10.2. The lowest BCUT2D eigenvalue weighted by Crippen LogP contribution is -2.15. The second kappa shape index (κ2) is 3.54. The van der Waals surface area contributed by atoms with Crippen molar-refractivity contribution in [2.24, 2.45) is 0 Å². The molecule has 0 aliphatic heterocycles. The molecule has 1 aliphatic carbocycles. The van der Waals surface area contributed by atoms with Crippen molar-refractivity contribution < 1.29 is 4.39 Å². The van der Waals surface area contributed by atoms with Gasteiger partial charge in [-0.15, -0.1) is 11.3 Å². The summed E-state index contributed by atoms with van der Waals surface area (Å²) in [5.41, 5.74) is 1.40. The van der Waals surface area contributed by atoms with Crippen molar-refractivity contribution in [3.8, 4) is 0 Å². The Labute approximate surface area is 98.5 Å². The summed E-state index contributed by atoms with van der Waals surface area (Å²) < 4.78 is 14.1. The Bertz CT molecular complexity index is 532. The summed E-state index contributed by atoms with van der Waals surface area (Å²) in [4.78, 5) is 2.28. The quantitative estimate of drug-likeness (QED) is 0.770. The summed E-state index contributed by atoms with van der Waals surface area (Å²) in [5.74, 6) is 0.509. The Balaban J connectivity index is 2.00. The molecule has 0 N–H and O–H groups in total. The summed E-state index contributed by atoms with van der Waals surface area (Å²) in [6.45, 7) is 0. The molecule has 1 fully saturated rings. The van der Waals surface area contributed by atoms with Gasteiger partial charge < -0.3 is 4.90 Å². The number of rotatable bonds is 2. The number of hydrogen-bond donors (Lipinski definition) is 0. The highest BCUT2D eigenvalue weighted by Crippen LogP contribution is 2.47. The van der Waals surface area contributed by atoms with E-state index in [0.717, 1.165) is 4.70 Å². The van der Waals surface area contributed by atoms with Gasteiger partial charge in [0, 0.05) is 16.7 Å². The minimum Gasteiger partial charge on any atom is -0.306 e. The largest absolute Gasteiger partial charge is 0.306 e. The monoisotopic (exact) mass is 235 g/mol. The number of nitrogens with zero attached hydrogens (tertiary/aromatic N) is 1. The van der Waals surface area contributed by atoms with Gasteiger partial charge in [0.15, 0.2) is 0 Å². The van der Waals surface area contributed by atoms with Gasteiger partial charge >= 0.3 is 0 Å². The maximum Gasteiger partial charge on any atom is 0.124 e. The maximum absolute atomic E-state index is 13.1. The summed E-state index contributed by atoms with van der Waals surface area (Å²) >= 11 is 1.65. The van der Waals surface area contributed by atoms with Crippen molar-refractivity contribution in [3.05, 3.63) is 35.0 Å². The average molecular weight is 235 g/mol. The third-order valence-electron chi connectivity index (χ3n) is 3.39. The molecule has 3 rings (SSSR count). The fraction of sp³-hybridized carbons (Fsp3) is 0.385. The first-order valence-electron chi connectivity index (χ1n) is 5.50. The zero-order valence-electron chi connectivity index (χ0n) is 9.40. The number of fused-ring (bicyclic) bond motifs is 1. The SMILES string of the molecule is CN(C)[C@H]1C[C@H]1c1csc2cc(F)ccc12. The van der Waals surface area contributed by atoms with Crippen LogP contribution in [-0.4, -0.2) is 25.0 Å². The van der Waals surface area contributed by atoms with Crippen molar-refractivity contribution in [3.63, 3.8) is 0 Å². The van der Waals surface area contributed by atoms with Crippen LogP contribution in [0.3, 0.4) is 0 Å². The number of thiophene rings is 1. The van der Waals surface area contributed by atoms with Gasteiger partial charge in [-0.2, -0.15) is 0 Å². The second-order valence-electron chi connectivity index (χ2n) is 4.70.